The van der Waals surface area contributed by atoms with Crippen molar-refractivity contribution in [2.24, 2.45) is 23.7 Å². The van der Waals surface area contributed by atoms with Crippen LogP contribution in [0.2, 0.25) is 0 Å². The zero-order chi connectivity index (χ0) is 46.1. The van der Waals surface area contributed by atoms with E-state index in [0.29, 0.717) is 62.6 Å². The predicted molar refractivity (Wildman–Crippen MR) is 235 cm³/mol. The highest BCUT2D eigenvalue weighted by Crippen LogP contribution is 2.53. The summed E-state index contributed by atoms with van der Waals surface area (Å²) in [5, 5.41) is 15.1. The number of methoxy groups -OCH3 is 2. The molecule has 17 heteroatoms. The van der Waals surface area contributed by atoms with E-state index in [1.807, 2.05) is 43.0 Å². The van der Waals surface area contributed by atoms with Gasteiger partial charge in [0.2, 0.25) is 11.8 Å². The first-order valence-electron chi connectivity index (χ1n) is 22.1. The summed E-state index contributed by atoms with van der Waals surface area (Å²) in [5.74, 6) is -3.53. The highest BCUT2D eigenvalue weighted by molar-refractivity contribution is 5.89. The average Bonchev–Trinajstić information content (AvgIpc) is 4.17. The van der Waals surface area contributed by atoms with E-state index in [1.165, 1.54) is 31.3 Å². The van der Waals surface area contributed by atoms with Crippen LogP contribution in [0.5, 0.6) is 0 Å². The zero-order valence-electron chi connectivity index (χ0n) is 36.9. The molecule has 0 radical (unpaired) electrons. The number of ether oxygens (including phenoxy) is 2. The molecule has 4 heterocycles. The van der Waals surface area contributed by atoms with Crippen LogP contribution in [-0.4, -0.2) is 92.6 Å². The van der Waals surface area contributed by atoms with E-state index in [-0.39, 0.29) is 59.3 Å². The number of hydrogen-bond donors (Lipinski definition) is 4. The van der Waals surface area contributed by atoms with Crippen LogP contribution >= 0.6 is 0 Å². The minimum atomic E-state index is -3.33. The Labute approximate surface area is 374 Å². The number of piperidine rings is 1. The number of alkyl carbamates (subject to hydrolysis) is 2. The lowest BCUT2D eigenvalue weighted by atomic mass is 9.95. The van der Waals surface area contributed by atoms with Crippen molar-refractivity contribution in [3.8, 4) is 39.6 Å². The molecule has 4 aliphatic rings. The molecule has 2 saturated heterocycles. The van der Waals surface area contributed by atoms with Crippen molar-refractivity contribution >= 4 is 35.0 Å². The van der Waals surface area contributed by atoms with Crippen molar-refractivity contribution in [1.82, 2.24) is 40.4 Å². The van der Waals surface area contributed by atoms with E-state index in [9.17, 15) is 24.4 Å². The third-order valence-electron chi connectivity index (χ3n) is 13.7. The number of carbonyl (C=O) groups excluding carboxylic acids is 4. The number of rotatable bonds is 10. The molecule has 4 N–H and O–H groups in total. The Morgan fingerprint density at radius 1 is 0.815 bits per heavy atom. The van der Waals surface area contributed by atoms with E-state index in [2.05, 4.69) is 26.7 Å². The fraction of sp³-hybridized carbons (Fsp3) is 0.438. The number of likely N-dealkylation sites (tertiary alicyclic amines) is 2. The second-order valence-corrected chi connectivity index (χ2v) is 18.3. The molecule has 3 fully saturated rings. The summed E-state index contributed by atoms with van der Waals surface area (Å²) in [4.78, 5) is 71.9. The molecule has 3 aromatic carbocycles. The molecule has 1 saturated carbocycles. The van der Waals surface area contributed by atoms with Gasteiger partial charge < -0.3 is 39.9 Å². The van der Waals surface area contributed by atoms with E-state index < -0.39 is 42.2 Å². The van der Waals surface area contributed by atoms with Gasteiger partial charge in [-0.25, -0.2) is 19.6 Å². The number of fused-ring (bicyclic) bond motifs is 6. The minimum Gasteiger partial charge on any atom is -0.453 e. The maximum absolute atomic E-state index is 16.6. The van der Waals surface area contributed by atoms with Gasteiger partial charge in [-0.2, -0.15) is 14.0 Å². The third-order valence-corrected chi connectivity index (χ3v) is 13.7. The van der Waals surface area contributed by atoms with Crippen molar-refractivity contribution in [2.45, 2.75) is 89.5 Å². The first kappa shape index (κ1) is 43.4. The van der Waals surface area contributed by atoms with Crippen LogP contribution in [0.3, 0.4) is 0 Å². The number of amides is 4. The van der Waals surface area contributed by atoms with Crippen molar-refractivity contribution < 1.29 is 37.4 Å². The summed E-state index contributed by atoms with van der Waals surface area (Å²) in [6.45, 7) is 7.51. The lowest BCUT2D eigenvalue weighted by Crippen LogP contribution is -2.54. The van der Waals surface area contributed by atoms with Gasteiger partial charge in [-0.1, -0.05) is 58.0 Å². The molecule has 5 aromatic rings. The van der Waals surface area contributed by atoms with Crippen LogP contribution in [0.1, 0.15) is 88.2 Å². The summed E-state index contributed by atoms with van der Waals surface area (Å²) in [6, 6.07) is 15.3. The van der Waals surface area contributed by atoms with Gasteiger partial charge in [0.1, 0.15) is 23.7 Å². The smallest absolute Gasteiger partial charge is 0.407 e. The Morgan fingerprint density at radius 2 is 1.43 bits per heavy atom. The number of H-pyrrole nitrogens is 2. The Kier molecular flexibility index (Phi) is 11.1. The Bertz CT molecular complexity index is 2760. The molecule has 0 spiro atoms. The van der Waals surface area contributed by atoms with Crippen LogP contribution in [0.25, 0.3) is 44.5 Å². The lowest BCUT2D eigenvalue weighted by molar-refractivity contribution is -0.139. The second kappa shape index (κ2) is 16.6. The molecule has 2 aliphatic carbocycles. The van der Waals surface area contributed by atoms with Gasteiger partial charge in [0.25, 0.3) is 5.92 Å². The first-order valence-corrected chi connectivity index (χ1v) is 22.1. The van der Waals surface area contributed by atoms with Gasteiger partial charge in [0, 0.05) is 35.5 Å². The summed E-state index contributed by atoms with van der Waals surface area (Å²) in [7, 11) is 2.49. The number of nitrogens with zero attached hydrogens (tertiary/aromatic N) is 5. The monoisotopic (exact) mass is 887 g/mol. The van der Waals surface area contributed by atoms with E-state index in [0.717, 1.165) is 19.3 Å². The first-order chi connectivity index (χ1) is 31.1. The number of carbonyl (C=O) groups is 4. The Balaban J connectivity index is 0.961. The number of nitriles is 1. The standard InChI is InChI=1S/C48H51F2N9O6/c1-23(2)39(56-46(62)64-5)44(60)58-22-25(20-51)15-38(58)42-52-21-37(55-42)28-9-13-32-31-12-8-26(17-33(31)48(49,50)34(32)18-28)27-10-14-35-36(19-27)54-43(53-35)41-29-7-11-30(16-29)59(41)45(61)40(24(3)4)57-47(63)65-6/h8-10,12-14,17-19,21,23-25,29-30,38-41H,7,11,15-16,22H2,1-6H3,(H,52,55)(H,53,54)(H,56,62)(H,57,63)/t25-,29+,30-,38+,39+,40+,41+/m1/s1. The van der Waals surface area contributed by atoms with Crippen LogP contribution < -0.4 is 10.6 Å². The maximum atomic E-state index is 16.6. The fourth-order valence-corrected chi connectivity index (χ4v) is 10.4. The molecule has 338 valence electrons. The molecular formula is C48H51F2N9O6. The van der Waals surface area contributed by atoms with Gasteiger partial charge in [-0.15, -0.1) is 0 Å². The molecule has 0 unspecified atom stereocenters. The largest absolute Gasteiger partial charge is 0.453 e. The molecule has 65 heavy (non-hydrogen) atoms. The fourth-order valence-electron chi connectivity index (χ4n) is 10.4. The molecule has 15 nitrogen and oxygen atoms in total. The number of nitrogens with one attached hydrogen (secondary N) is 4. The number of aromatic amines is 2. The van der Waals surface area contributed by atoms with Crippen LogP contribution in [0, 0.1) is 35.0 Å². The van der Waals surface area contributed by atoms with Crippen molar-refractivity contribution in [1.29, 1.82) is 5.26 Å². The quantitative estimate of drug-likeness (QED) is 0.107. The Hall–Kier alpha value is -6.83. The van der Waals surface area contributed by atoms with Gasteiger partial charge >= 0.3 is 12.2 Å². The van der Waals surface area contributed by atoms with Crippen LogP contribution in [0.15, 0.2) is 60.8 Å². The highest BCUT2D eigenvalue weighted by Gasteiger charge is 2.52. The number of benzene rings is 3. The van der Waals surface area contributed by atoms with E-state index in [4.69, 9.17) is 19.4 Å². The van der Waals surface area contributed by atoms with Gasteiger partial charge in [-0.05, 0) is 90.0 Å². The van der Waals surface area contributed by atoms with Crippen molar-refractivity contribution in [3.63, 3.8) is 0 Å². The highest BCUT2D eigenvalue weighted by atomic mass is 19.3. The van der Waals surface area contributed by atoms with Gasteiger partial charge in [0.05, 0.1) is 55.0 Å². The summed E-state index contributed by atoms with van der Waals surface area (Å²) in [5.41, 5.74) is 4.15. The minimum absolute atomic E-state index is 0.0345. The SMILES string of the molecule is COC(=O)N[C@H](C(=O)N1C[C@@H](C#N)C[C@H]1c1nc(-c2ccc3c(c2)C(F)(F)c2cc(-c4ccc5nc([C@@H]6[C@H]7CC[C@H](C7)N6C(=O)[C@@H](NC(=O)OC)C(C)C)[nH]c5c4)ccc2-3)c[nH]1)C(C)C. The number of imidazole rings is 2. The number of halogens is 2. The lowest BCUT2D eigenvalue weighted by Gasteiger charge is -2.37. The average molecular weight is 888 g/mol. The Morgan fingerprint density at radius 3 is 2.08 bits per heavy atom. The zero-order valence-corrected chi connectivity index (χ0v) is 36.9. The second-order valence-electron chi connectivity index (χ2n) is 18.3. The number of hydrogen-bond acceptors (Lipinski definition) is 9. The number of alkyl halides is 2. The van der Waals surface area contributed by atoms with Crippen LogP contribution in [-0.2, 0) is 25.0 Å². The number of aromatic nitrogens is 4. The summed E-state index contributed by atoms with van der Waals surface area (Å²) >= 11 is 0. The van der Waals surface area contributed by atoms with E-state index in [1.54, 1.807) is 38.2 Å². The van der Waals surface area contributed by atoms with Crippen molar-refractivity contribution in [2.75, 3.05) is 20.8 Å². The van der Waals surface area contributed by atoms with Gasteiger partial charge in [-0.3, -0.25) is 9.59 Å². The molecule has 4 amide bonds. The normalized spacial score (nSPS) is 22.4. The summed E-state index contributed by atoms with van der Waals surface area (Å²) in [6.07, 6.45) is 3.19. The molecule has 2 aliphatic heterocycles. The van der Waals surface area contributed by atoms with Crippen LogP contribution in [0.4, 0.5) is 18.4 Å². The van der Waals surface area contributed by atoms with E-state index >= 15 is 8.78 Å². The topological polar surface area (TPSA) is 198 Å². The maximum Gasteiger partial charge on any atom is 0.407 e. The van der Waals surface area contributed by atoms with Gasteiger partial charge in [0.15, 0.2) is 0 Å². The molecule has 9 rings (SSSR count). The molecule has 7 atom stereocenters. The molecule has 2 aromatic heterocycles. The molecular weight excluding hydrogens is 837 g/mol. The third kappa shape index (κ3) is 7.51. The predicted octanol–water partition coefficient (Wildman–Crippen LogP) is 7.97. The van der Waals surface area contributed by atoms with Crippen molar-refractivity contribution in [3.05, 3.63) is 83.6 Å². The summed E-state index contributed by atoms with van der Waals surface area (Å²) < 4.78 is 42.8. The molecule has 2 bridgehead atoms.